The van der Waals surface area contributed by atoms with E-state index in [-0.39, 0.29) is 29.6 Å². The van der Waals surface area contributed by atoms with Crippen LogP contribution in [-0.4, -0.2) is 15.7 Å². The van der Waals surface area contributed by atoms with Crippen molar-refractivity contribution in [2.45, 2.75) is 31.8 Å². The number of fused-ring (bicyclic) bond motifs is 2. The van der Waals surface area contributed by atoms with Gasteiger partial charge in [0, 0.05) is 0 Å². The van der Waals surface area contributed by atoms with Crippen LogP contribution in [0, 0.1) is 0 Å². The number of nitrogens with one attached hydrogen (secondary N) is 2. The summed E-state index contributed by atoms with van der Waals surface area (Å²) in [5.74, 6) is -0.292. The van der Waals surface area contributed by atoms with Crippen molar-refractivity contribution in [2.24, 2.45) is 0 Å². The molecule has 0 aliphatic heterocycles. The van der Waals surface area contributed by atoms with Crippen LogP contribution in [0.15, 0.2) is 58.1 Å². The maximum atomic E-state index is 12.5. The summed E-state index contributed by atoms with van der Waals surface area (Å²) in [7, 11) is 0. The van der Waals surface area contributed by atoms with Crippen molar-refractivity contribution in [3.8, 4) is 0 Å². The van der Waals surface area contributed by atoms with Gasteiger partial charge in [-0.05, 0) is 42.5 Å². The first kappa shape index (κ1) is 16.3. The third kappa shape index (κ3) is 2.94. The zero-order chi connectivity index (χ0) is 18.1. The number of carbonyl (C=O) groups is 1. The Morgan fingerprint density at radius 2 is 1.81 bits per heavy atom. The van der Waals surface area contributed by atoms with Crippen LogP contribution < -0.4 is 16.4 Å². The number of carbonyl (C=O) groups excluding carboxylic acids is 1. The predicted molar refractivity (Wildman–Crippen MR) is 99.1 cm³/mol. The Morgan fingerprint density at radius 3 is 2.65 bits per heavy atom. The molecule has 0 spiro atoms. The third-order valence-corrected chi connectivity index (χ3v) is 4.89. The minimum Gasteiger partial charge on any atom is -0.348 e. The molecule has 1 aliphatic carbocycles. The van der Waals surface area contributed by atoms with E-state index in [1.54, 1.807) is 24.3 Å². The lowest BCUT2D eigenvalue weighted by atomic mass is 9.88. The fraction of sp³-hybridized carbons (Fsp3) is 0.250. The smallest absolute Gasteiger partial charge is 0.273 e. The first-order valence-electron chi connectivity index (χ1n) is 8.72. The largest absolute Gasteiger partial charge is 0.348 e. The number of aromatic nitrogens is 2. The zero-order valence-electron chi connectivity index (χ0n) is 14.2. The van der Waals surface area contributed by atoms with Crippen LogP contribution in [0.4, 0.5) is 0 Å². The Bertz CT molecular complexity index is 1100. The SMILES string of the molecule is O=C(Cn1[nH]c(=O)c2ccccc2c1=O)N[C@H]1CCCc2ccccc21. The van der Waals surface area contributed by atoms with Crippen LogP contribution in [0.1, 0.15) is 30.0 Å². The molecular formula is C20H19N3O3. The second-order valence-electron chi connectivity index (χ2n) is 6.59. The number of benzene rings is 2. The Kier molecular flexibility index (Phi) is 4.16. The molecule has 2 aromatic carbocycles. The van der Waals surface area contributed by atoms with Gasteiger partial charge < -0.3 is 5.32 Å². The maximum absolute atomic E-state index is 12.5. The Balaban J connectivity index is 1.58. The second-order valence-corrected chi connectivity index (χ2v) is 6.59. The summed E-state index contributed by atoms with van der Waals surface area (Å²) >= 11 is 0. The van der Waals surface area contributed by atoms with E-state index >= 15 is 0 Å². The van der Waals surface area contributed by atoms with Crippen LogP contribution in [0.5, 0.6) is 0 Å². The summed E-state index contributed by atoms with van der Waals surface area (Å²) < 4.78 is 1.08. The van der Waals surface area contributed by atoms with Crippen LogP contribution in [0.3, 0.4) is 0 Å². The molecule has 1 aromatic heterocycles. The van der Waals surface area contributed by atoms with Crippen molar-refractivity contribution in [1.82, 2.24) is 15.1 Å². The fourth-order valence-electron chi connectivity index (χ4n) is 3.65. The molecule has 132 valence electrons. The number of rotatable bonds is 3. The molecule has 4 rings (SSSR count). The number of aryl methyl sites for hydroxylation is 1. The molecule has 1 atom stereocenters. The molecule has 0 fully saturated rings. The van der Waals surface area contributed by atoms with E-state index in [4.69, 9.17) is 0 Å². The molecule has 1 heterocycles. The van der Waals surface area contributed by atoms with Crippen molar-refractivity contribution in [3.05, 3.63) is 80.4 Å². The topological polar surface area (TPSA) is 84.0 Å². The van der Waals surface area contributed by atoms with Gasteiger partial charge in [0.2, 0.25) is 5.91 Å². The monoisotopic (exact) mass is 349 g/mol. The zero-order valence-corrected chi connectivity index (χ0v) is 14.2. The molecule has 0 saturated carbocycles. The highest BCUT2D eigenvalue weighted by Gasteiger charge is 2.21. The highest BCUT2D eigenvalue weighted by molar-refractivity contribution is 5.81. The number of H-pyrrole nitrogens is 1. The second kappa shape index (κ2) is 6.63. The van der Waals surface area contributed by atoms with E-state index < -0.39 is 0 Å². The van der Waals surface area contributed by atoms with Crippen LogP contribution in [-0.2, 0) is 17.8 Å². The van der Waals surface area contributed by atoms with Gasteiger partial charge in [0.1, 0.15) is 6.54 Å². The molecule has 3 aromatic rings. The van der Waals surface area contributed by atoms with E-state index in [1.165, 1.54) is 5.56 Å². The van der Waals surface area contributed by atoms with E-state index in [0.29, 0.717) is 10.8 Å². The van der Waals surface area contributed by atoms with Crippen molar-refractivity contribution >= 4 is 16.7 Å². The van der Waals surface area contributed by atoms with E-state index in [9.17, 15) is 14.4 Å². The van der Waals surface area contributed by atoms with Crippen LogP contribution in [0.2, 0.25) is 0 Å². The quantitative estimate of drug-likeness (QED) is 0.757. The normalized spacial score (nSPS) is 16.2. The van der Waals surface area contributed by atoms with Gasteiger partial charge in [-0.3, -0.25) is 19.5 Å². The van der Waals surface area contributed by atoms with Gasteiger partial charge in [0.25, 0.3) is 11.1 Å². The summed E-state index contributed by atoms with van der Waals surface area (Å²) in [6.45, 7) is -0.211. The highest BCUT2D eigenvalue weighted by Crippen LogP contribution is 2.29. The number of aromatic amines is 1. The third-order valence-electron chi connectivity index (χ3n) is 4.89. The summed E-state index contributed by atoms with van der Waals surface area (Å²) in [6.07, 6.45) is 2.89. The number of amides is 1. The molecule has 0 saturated heterocycles. The van der Waals surface area contributed by atoms with Gasteiger partial charge >= 0.3 is 0 Å². The summed E-state index contributed by atoms with van der Waals surface area (Å²) in [5.41, 5.74) is 1.63. The van der Waals surface area contributed by atoms with Crippen LogP contribution in [0.25, 0.3) is 10.8 Å². The van der Waals surface area contributed by atoms with Crippen molar-refractivity contribution in [3.63, 3.8) is 0 Å². The number of hydrogen-bond donors (Lipinski definition) is 2. The van der Waals surface area contributed by atoms with Gasteiger partial charge in [-0.25, -0.2) is 4.68 Å². The lowest BCUT2D eigenvalue weighted by molar-refractivity contribution is -0.122. The van der Waals surface area contributed by atoms with Gasteiger partial charge in [0.05, 0.1) is 16.8 Å². The van der Waals surface area contributed by atoms with E-state index in [1.807, 2.05) is 18.2 Å². The highest BCUT2D eigenvalue weighted by atomic mass is 16.2. The number of nitrogens with zero attached hydrogens (tertiary/aromatic N) is 1. The maximum Gasteiger partial charge on any atom is 0.273 e. The first-order valence-corrected chi connectivity index (χ1v) is 8.72. The summed E-state index contributed by atoms with van der Waals surface area (Å²) in [4.78, 5) is 37.2. The predicted octanol–water partition coefficient (Wildman–Crippen LogP) is 1.88. The van der Waals surface area contributed by atoms with Crippen LogP contribution >= 0.6 is 0 Å². The molecular weight excluding hydrogens is 330 g/mol. The molecule has 1 aliphatic rings. The first-order chi connectivity index (χ1) is 12.6. The molecule has 0 radical (unpaired) electrons. The van der Waals surface area contributed by atoms with E-state index in [2.05, 4.69) is 16.5 Å². The van der Waals surface area contributed by atoms with Gasteiger partial charge in [-0.2, -0.15) is 0 Å². The molecule has 0 bridgehead atoms. The van der Waals surface area contributed by atoms with Gasteiger partial charge in [0.15, 0.2) is 0 Å². The Morgan fingerprint density at radius 1 is 1.08 bits per heavy atom. The molecule has 1 amide bonds. The summed E-state index contributed by atoms with van der Waals surface area (Å²) in [5, 5.41) is 6.13. The number of hydrogen-bond acceptors (Lipinski definition) is 3. The summed E-state index contributed by atoms with van der Waals surface area (Å²) in [6, 6.07) is 14.6. The average molecular weight is 349 g/mol. The van der Waals surface area contributed by atoms with Crippen molar-refractivity contribution < 1.29 is 4.79 Å². The van der Waals surface area contributed by atoms with Gasteiger partial charge in [-0.1, -0.05) is 36.4 Å². The minimum atomic E-state index is -0.379. The minimum absolute atomic E-state index is 0.0599. The van der Waals surface area contributed by atoms with Gasteiger partial charge in [-0.15, -0.1) is 0 Å². The lowest BCUT2D eigenvalue weighted by Gasteiger charge is -2.26. The Labute approximate surface area is 149 Å². The van der Waals surface area contributed by atoms with Crippen molar-refractivity contribution in [2.75, 3.05) is 0 Å². The molecule has 0 unspecified atom stereocenters. The van der Waals surface area contributed by atoms with Crippen molar-refractivity contribution in [1.29, 1.82) is 0 Å². The average Bonchev–Trinajstić information content (AvgIpc) is 2.66. The fourth-order valence-corrected chi connectivity index (χ4v) is 3.65. The molecule has 6 heteroatoms. The molecule has 26 heavy (non-hydrogen) atoms. The molecule has 2 N–H and O–H groups in total. The lowest BCUT2D eigenvalue weighted by Crippen LogP contribution is -2.38. The molecule has 6 nitrogen and oxygen atoms in total. The standard InChI is InChI=1S/C20H19N3O3/c24-18(21-17-11-5-7-13-6-1-2-8-14(13)17)12-23-20(26)16-10-4-3-9-15(16)19(25)22-23/h1-4,6,8-10,17H,5,7,11-12H2,(H,21,24)(H,22,25)/t17-/m0/s1. The Hall–Kier alpha value is -3.15. The van der Waals surface area contributed by atoms with E-state index in [0.717, 1.165) is 29.5 Å².